The van der Waals surface area contributed by atoms with E-state index in [-0.39, 0.29) is 17.2 Å². The van der Waals surface area contributed by atoms with Gasteiger partial charge in [-0.3, -0.25) is 9.59 Å². The Morgan fingerprint density at radius 1 is 1.29 bits per heavy atom. The van der Waals surface area contributed by atoms with Gasteiger partial charge in [0, 0.05) is 44.0 Å². The van der Waals surface area contributed by atoms with Gasteiger partial charge in [0.05, 0.1) is 5.70 Å². The second-order valence-electron chi connectivity index (χ2n) is 6.59. The first-order valence-electron chi connectivity index (χ1n) is 8.92. The van der Waals surface area contributed by atoms with Crippen molar-refractivity contribution in [2.45, 2.75) is 12.8 Å². The largest absolute Gasteiger partial charge is 0.392 e. The maximum Gasteiger partial charge on any atom is 0.274 e. The minimum Gasteiger partial charge on any atom is -0.392 e. The van der Waals surface area contributed by atoms with Gasteiger partial charge in [-0.25, -0.2) is 0 Å². The first-order valence-corrected chi connectivity index (χ1v) is 8.92. The van der Waals surface area contributed by atoms with Crippen LogP contribution in [0.4, 0.5) is 0 Å². The molecule has 1 aromatic carbocycles. The zero-order valence-corrected chi connectivity index (χ0v) is 16.0. The minimum absolute atomic E-state index is 0.0449. The van der Waals surface area contributed by atoms with Crippen LogP contribution in [-0.4, -0.2) is 28.7 Å². The molecular formula is C21H23N5O2. The first kappa shape index (κ1) is 19.2. The fourth-order valence-electron chi connectivity index (χ4n) is 3.22. The lowest BCUT2D eigenvalue weighted by molar-refractivity contribution is 0.0964. The Kier molecular flexibility index (Phi) is 5.44. The number of aromatic nitrogens is 2. The highest BCUT2D eigenvalue weighted by atomic mass is 16.2. The number of benzene rings is 1. The van der Waals surface area contributed by atoms with Crippen LogP contribution in [0.5, 0.6) is 0 Å². The van der Waals surface area contributed by atoms with Gasteiger partial charge >= 0.3 is 0 Å². The van der Waals surface area contributed by atoms with E-state index in [0.29, 0.717) is 11.2 Å². The van der Waals surface area contributed by atoms with Crippen LogP contribution in [0.25, 0.3) is 10.9 Å². The number of carbonyl (C=O) groups is 1. The number of hydrogen-bond acceptors (Lipinski definition) is 4. The Hall–Kier alpha value is -3.61. The highest BCUT2D eigenvalue weighted by molar-refractivity contribution is 6.01. The third kappa shape index (κ3) is 3.59. The van der Waals surface area contributed by atoms with Crippen molar-refractivity contribution in [3.05, 3.63) is 81.7 Å². The van der Waals surface area contributed by atoms with E-state index in [1.807, 2.05) is 36.5 Å². The summed E-state index contributed by atoms with van der Waals surface area (Å²) < 4.78 is 1.53. The number of pyridine rings is 1. The van der Waals surface area contributed by atoms with E-state index in [1.165, 1.54) is 10.8 Å². The number of fused-ring (bicyclic) bond motifs is 1. The molecule has 1 unspecified atom stereocenters. The summed E-state index contributed by atoms with van der Waals surface area (Å²) in [5, 5.41) is 13.5. The number of hydrogen-bond donors (Lipinski definition) is 4. The third-order valence-electron chi connectivity index (χ3n) is 4.72. The topological polar surface area (TPSA) is 103 Å². The van der Waals surface area contributed by atoms with Gasteiger partial charge in [0.25, 0.3) is 11.5 Å². The van der Waals surface area contributed by atoms with Crippen molar-refractivity contribution in [1.82, 2.24) is 20.2 Å². The summed E-state index contributed by atoms with van der Waals surface area (Å²) in [6.07, 6.45) is 4.37. The molecule has 0 aliphatic heterocycles. The highest BCUT2D eigenvalue weighted by Gasteiger charge is 2.19. The van der Waals surface area contributed by atoms with Crippen LogP contribution in [0.15, 0.2) is 59.3 Å². The first-order chi connectivity index (χ1) is 13.5. The number of aryl methyl sites for hydroxylation is 1. The minimum atomic E-state index is -0.415. The van der Waals surface area contributed by atoms with Crippen molar-refractivity contribution in [3.63, 3.8) is 0 Å². The molecule has 7 heteroatoms. The van der Waals surface area contributed by atoms with Crippen LogP contribution in [0.2, 0.25) is 0 Å². The van der Waals surface area contributed by atoms with Gasteiger partial charge in [0.15, 0.2) is 0 Å². The molecule has 3 rings (SSSR count). The number of rotatable bonds is 6. The van der Waals surface area contributed by atoms with Crippen LogP contribution in [0.3, 0.4) is 0 Å². The smallest absolute Gasteiger partial charge is 0.274 e. The van der Waals surface area contributed by atoms with Crippen molar-refractivity contribution in [2.24, 2.45) is 7.05 Å². The molecule has 0 radical (unpaired) electrons. The zero-order chi connectivity index (χ0) is 20.3. The number of allylic oxidation sites excluding steroid dienone is 1. The van der Waals surface area contributed by atoms with Crippen LogP contribution in [-0.2, 0) is 7.05 Å². The summed E-state index contributed by atoms with van der Waals surface area (Å²) >= 11 is 0. The Balaban J connectivity index is 2.09. The quantitative estimate of drug-likeness (QED) is 0.496. The predicted molar refractivity (Wildman–Crippen MR) is 111 cm³/mol. The second-order valence-corrected chi connectivity index (χ2v) is 6.59. The fraction of sp³-hybridized carbons (Fsp3) is 0.190. The molecule has 144 valence electrons. The lowest BCUT2D eigenvalue weighted by atomic mass is 9.92. The average Bonchev–Trinajstić information content (AvgIpc) is 3.16. The second kappa shape index (κ2) is 7.96. The summed E-state index contributed by atoms with van der Waals surface area (Å²) in [7, 11) is 3.38. The van der Waals surface area contributed by atoms with Gasteiger partial charge < -0.3 is 25.6 Å². The van der Waals surface area contributed by atoms with Crippen LogP contribution in [0, 0.1) is 5.41 Å². The third-order valence-corrected chi connectivity index (χ3v) is 4.72. The number of carbonyl (C=O) groups excluding carboxylic acids is 1. The normalized spacial score (nSPS) is 12.6. The SMILES string of the molecule is CN/C=C(\C=N)NC(=O)c1cc2c(C(C)c3ccccc3)cn(C)c(=O)c2[nH]1. The van der Waals surface area contributed by atoms with Gasteiger partial charge in [0.2, 0.25) is 0 Å². The number of nitrogens with zero attached hydrogens (tertiary/aromatic N) is 1. The molecule has 28 heavy (non-hydrogen) atoms. The molecule has 0 saturated heterocycles. The summed E-state index contributed by atoms with van der Waals surface area (Å²) in [5.41, 5.74) is 2.85. The molecule has 1 amide bonds. The van der Waals surface area contributed by atoms with Crippen molar-refractivity contribution in [2.75, 3.05) is 7.05 Å². The molecule has 0 fully saturated rings. The number of H-pyrrole nitrogens is 1. The molecule has 0 spiro atoms. The lowest BCUT2D eigenvalue weighted by Crippen LogP contribution is -2.25. The van der Waals surface area contributed by atoms with Crippen LogP contribution in [0.1, 0.15) is 34.5 Å². The molecule has 2 heterocycles. The van der Waals surface area contributed by atoms with Crippen molar-refractivity contribution in [1.29, 1.82) is 5.41 Å². The molecule has 0 aliphatic carbocycles. The van der Waals surface area contributed by atoms with Crippen LogP contribution >= 0.6 is 0 Å². The number of nitrogens with one attached hydrogen (secondary N) is 4. The molecule has 7 nitrogen and oxygen atoms in total. The molecular weight excluding hydrogens is 354 g/mol. The van der Waals surface area contributed by atoms with E-state index < -0.39 is 5.91 Å². The van der Waals surface area contributed by atoms with Gasteiger partial charge in [-0.2, -0.15) is 0 Å². The molecule has 4 N–H and O–H groups in total. The summed E-state index contributed by atoms with van der Waals surface area (Å²) in [6.45, 7) is 2.07. The lowest BCUT2D eigenvalue weighted by Gasteiger charge is -2.15. The molecule has 3 aromatic rings. The van der Waals surface area contributed by atoms with Crippen molar-refractivity contribution >= 4 is 23.0 Å². The summed E-state index contributed by atoms with van der Waals surface area (Å²) in [6, 6.07) is 11.7. The standard InChI is InChI=1S/C21H23N5O2/c1-13(14-7-5-4-6-8-14)17-12-26(3)21(28)19-16(17)9-18(25-19)20(27)24-15(10-22)11-23-2/h4-13,22-23,25H,1-3H3,(H,24,27)/b15-11+,22-10?. The van der Waals surface area contributed by atoms with E-state index in [2.05, 4.69) is 22.5 Å². The van der Waals surface area contributed by atoms with E-state index >= 15 is 0 Å². The molecule has 1 atom stereocenters. The zero-order valence-electron chi connectivity index (χ0n) is 16.0. The average molecular weight is 377 g/mol. The number of amides is 1. The summed E-state index contributed by atoms with van der Waals surface area (Å²) in [4.78, 5) is 28.1. The van der Waals surface area contributed by atoms with Gasteiger partial charge in [-0.1, -0.05) is 37.3 Å². The fourth-order valence-corrected chi connectivity index (χ4v) is 3.22. The molecule has 0 bridgehead atoms. The number of aromatic amines is 1. The highest BCUT2D eigenvalue weighted by Crippen LogP contribution is 2.29. The van der Waals surface area contributed by atoms with Gasteiger partial charge in [-0.05, 0) is 17.2 Å². The van der Waals surface area contributed by atoms with E-state index in [4.69, 9.17) is 5.41 Å². The molecule has 2 aromatic heterocycles. The van der Waals surface area contributed by atoms with E-state index in [9.17, 15) is 9.59 Å². The Morgan fingerprint density at radius 2 is 2.00 bits per heavy atom. The Morgan fingerprint density at radius 3 is 2.64 bits per heavy atom. The summed E-state index contributed by atoms with van der Waals surface area (Å²) in [5.74, 6) is -0.370. The van der Waals surface area contributed by atoms with E-state index in [0.717, 1.165) is 22.7 Å². The molecule has 0 saturated carbocycles. The van der Waals surface area contributed by atoms with Crippen molar-refractivity contribution in [3.8, 4) is 0 Å². The van der Waals surface area contributed by atoms with E-state index in [1.54, 1.807) is 20.2 Å². The van der Waals surface area contributed by atoms with Gasteiger partial charge in [-0.15, -0.1) is 0 Å². The van der Waals surface area contributed by atoms with Gasteiger partial charge in [0.1, 0.15) is 11.2 Å². The monoisotopic (exact) mass is 377 g/mol. The molecule has 0 aliphatic rings. The maximum atomic E-state index is 12.6. The van der Waals surface area contributed by atoms with Crippen molar-refractivity contribution < 1.29 is 4.79 Å². The Labute approximate surface area is 162 Å². The predicted octanol–water partition coefficient (Wildman–Crippen LogP) is 2.46. The maximum absolute atomic E-state index is 12.6. The Bertz CT molecular complexity index is 1110. The van der Waals surface area contributed by atoms with Crippen LogP contribution < -0.4 is 16.2 Å².